The number of sulfonamides is 1. The second-order valence-corrected chi connectivity index (χ2v) is 7.46. The minimum Gasteiger partial charge on any atom is -0.383 e. The molecule has 1 aliphatic heterocycles. The molecule has 2 rings (SSSR count). The van der Waals surface area contributed by atoms with Gasteiger partial charge in [-0.15, -0.1) is 0 Å². The first kappa shape index (κ1) is 17.8. The molecule has 1 heterocycles. The zero-order chi connectivity index (χ0) is 17.1. The Morgan fingerprint density at radius 2 is 2.22 bits per heavy atom. The number of nitrogens with zero attached hydrogens (tertiary/aromatic N) is 1. The third kappa shape index (κ3) is 3.86. The molecule has 1 atom stereocenters. The molecule has 0 bridgehead atoms. The van der Waals surface area contributed by atoms with Crippen molar-refractivity contribution in [3.05, 3.63) is 33.9 Å². The summed E-state index contributed by atoms with van der Waals surface area (Å²) in [6, 6.07) is 4.04. The van der Waals surface area contributed by atoms with Crippen LogP contribution in [-0.4, -0.2) is 45.7 Å². The van der Waals surface area contributed by atoms with Crippen LogP contribution in [0, 0.1) is 17.0 Å². The van der Waals surface area contributed by atoms with Gasteiger partial charge in [0.2, 0.25) is 10.0 Å². The Kier molecular flexibility index (Phi) is 5.35. The van der Waals surface area contributed by atoms with Crippen molar-refractivity contribution in [2.24, 2.45) is 0 Å². The highest BCUT2D eigenvalue weighted by Gasteiger charge is 2.35. The van der Waals surface area contributed by atoms with Gasteiger partial charge in [-0.25, -0.2) is 13.1 Å². The largest absolute Gasteiger partial charge is 0.383 e. The maximum atomic E-state index is 12.5. The van der Waals surface area contributed by atoms with Crippen molar-refractivity contribution >= 4 is 15.7 Å². The summed E-state index contributed by atoms with van der Waals surface area (Å²) in [5.41, 5.74) is -0.514. The number of nitrogens with one attached hydrogen (secondary N) is 2. The number of rotatable bonds is 7. The quantitative estimate of drug-likeness (QED) is 0.563. The minimum absolute atomic E-state index is 0.0720. The average molecular weight is 343 g/mol. The van der Waals surface area contributed by atoms with E-state index in [4.69, 9.17) is 4.74 Å². The lowest BCUT2D eigenvalue weighted by Gasteiger charge is -2.29. The van der Waals surface area contributed by atoms with Crippen molar-refractivity contribution in [1.82, 2.24) is 10.0 Å². The van der Waals surface area contributed by atoms with Crippen LogP contribution in [0.2, 0.25) is 0 Å². The molecule has 1 aliphatic rings. The number of benzene rings is 1. The molecule has 0 spiro atoms. The van der Waals surface area contributed by atoms with Crippen LogP contribution in [-0.2, 0) is 14.8 Å². The first-order valence-corrected chi connectivity index (χ1v) is 8.77. The summed E-state index contributed by atoms with van der Waals surface area (Å²) in [6.45, 7) is 2.81. The highest BCUT2D eigenvalue weighted by molar-refractivity contribution is 7.89. The summed E-state index contributed by atoms with van der Waals surface area (Å²) in [4.78, 5) is 10.3. The Bertz CT molecular complexity index is 684. The minimum atomic E-state index is -3.84. The van der Waals surface area contributed by atoms with Crippen molar-refractivity contribution in [3.8, 4) is 0 Å². The average Bonchev–Trinajstić information content (AvgIpc) is 2.94. The monoisotopic (exact) mass is 343 g/mol. The predicted molar refractivity (Wildman–Crippen MR) is 84.9 cm³/mol. The van der Waals surface area contributed by atoms with E-state index in [2.05, 4.69) is 10.0 Å². The third-order valence-corrected chi connectivity index (χ3v) is 5.64. The summed E-state index contributed by atoms with van der Waals surface area (Å²) in [7, 11) is -2.27. The van der Waals surface area contributed by atoms with Gasteiger partial charge in [0, 0.05) is 25.3 Å². The maximum absolute atomic E-state index is 12.5. The van der Waals surface area contributed by atoms with Gasteiger partial charge in [0.1, 0.15) is 0 Å². The van der Waals surface area contributed by atoms with E-state index in [9.17, 15) is 18.5 Å². The predicted octanol–water partition coefficient (Wildman–Crippen LogP) is 0.950. The Hall–Kier alpha value is -1.55. The van der Waals surface area contributed by atoms with E-state index < -0.39 is 20.5 Å². The topological polar surface area (TPSA) is 111 Å². The van der Waals surface area contributed by atoms with E-state index in [0.29, 0.717) is 6.61 Å². The molecule has 128 valence electrons. The normalized spacial score (nSPS) is 21.5. The van der Waals surface area contributed by atoms with Gasteiger partial charge in [-0.05, 0) is 32.4 Å². The number of hydrogen-bond donors (Lipinski definition) is 2. The molecular formula is C14H21N3O5S. The van der Waals surface area contributed by atoms with Gasteiger partial charge in [-0.2, -0.15) is 0 Å². The van der Waals surface area contributed by atoms with Gasteiger partial charge in [0.05, 0.1) is 22.0 Å². The van der Waals surface area contributed by atoms with E-state index in [1.165, 1.54) is 25.1 Å². The van der Waals surface area contributed by atoms with Gasteiger partial charge < -0.3 is 10.1 Å². The smallest absolute Gasteiger partial charge is 0.273 e. The highest BCUT2D eigenvalue weighted by atomic mass is 32.2. The Morgan fingerprint density at radius 3 is 2.78 bits per heavy atom. The molecule has 0 radical (unpaired) electrons. The van der Waals surface area contributed by atoms with Gasteiger partial charge in [-0.3, -0.25) is 10.1 Å². The summed E-state index contributed by atoms with van der Waals surface area (Å²) >= 11 is 0. The second-order valence-electron chi connectivity index (χ2n) is 5.73. The van der Waals surface area contributed by atoms with E-state index in [0.717, 1.165) is 19.4 Å². The van der Waals surface area contributed by atoms with Crippen LogP contribution < -0.4 is 10.0 Å². The van der Waals surface area contributed by atoms with Crippen LogP contribution in [0.5, 0.6) is 0 Å². The Balaban J connectivity index is 2.22. The van der Waals surface area contributed by atoms with Crippen LogP contribution in [0.15, 0.2) is 23.1 Å². The van der Waals surface area contributed by atoms with Crippen LogP contribution in [0.4, 0.5) is 5.69 Å². The zero-order valence-electron chi connectivity index (χ0n) is 13.2. The molecule has 0 amide bonds. The highest BCUT2D eigenvalue weighted by Crippen LogP contribution is 2.25. The molecule has 8 nitrogen and oxygen atoms in total. The van der Waals surface area contributed by atoms with Crippen LogP contribution in [0.3, 0.4) is 0 Å². The Morgan fingerprint density at radius 1 is 1.48 bits per heavy atom. The zero-order valence-corrected chi connectivity index (χ0v) is 14.0. The van der Waals surface area contributed by atoms with E-state index >= 15 is 0 Å². The fourth-order valence-electron chi connectivity index (χ4n) is 2.87. The molecule has 0 saturated carbocycles. The molecule has 1 saturated heterocycles. The lowest BCUT2D eigenvalue weighted by molar-refractivity contribution is -0.385. The molecule has 23 heavy (non-hydrogen) atoms. The SMILES string of the molecule is COCC1(CNS(=O)(=O)c2cccc([N+](=O)[O-])c2C)CCCN1. The van der Waals surface area contributed by atoms with E-state index in [-0.39, 0.29) is 22.7 Å². The van der Waals surface area contributed by atoms with Crippen molar-refractivity contribution in [3.63, 3.8) is 0 Å². The van der Waals surface area contributed by atoms with Crippen molar-refractivity contribution < 1.29 is 18.1 Å². The maximum Gasteiger partial charge on any atom is 0.273 e. The molecule has 1 unspecified atom stereocenters. The molecule has 1 aromatic carbocycles. The first-order chi connectivity index (χ1) is 10.8. The Labute approximate surface area is 135 Å². The lowest BCUT2D eigenvalue weighted by Crippen LogP contribution is -2.52. The third-order valence-electron chi connectivity index (χ3n) is 4.10. The van der Waals surface area contributed by atoms with Crippen molar-refractivity contribution in [2.45, 2.75) is 30.2 Å². The van der Waals surface area contributed by atoms with Gasteiger partial charge >= 0.3 is 0 Å². The fourth-order valence-corrected chi connectivity index (χ4v) is 4.26. The molecule has 1 aromatic rings. The molecule has 2 N–H and O–H groups in total. The molecule has 0 aromatic heterocycles. The molecule has 0 aliphatic carbocycles. The number of nitro groups is 1. The summed E-state index contributed by atoms with van der Waals surface area (Å²) in [5, 5.41) is 14.2. The molecule has 1 fully saturated rings. The van der Waals surface area contributed by atoms with Gasteiger partial charge in [0.25, 0.3) is 5.69 Å². The van der Waals surface area contributed by atoms with Crippen molar-refractivity contribution in [2.75, 3.05) is 26.8 Å². The van der Waals surface area contributed by atoms with Crippen LogP contribution in [0.1, 0.15) is 18.4 Å². The van der Waals surface area contributed by atoms with E-state index in [1.54, 1.807) is 7.11 Å². The standard InChI is InChI=1S/C14H21N3O5S/c1-11-12(17(18)19)5-3-6-13(11)23(20,21)16-9-14(10-22-2)7-4-8-15-14/h3,5-6,15-16H,4,7-10H2,1-2H3. The number of hydrogen-bond acceptors (Lipinski definition) is 6. The fraction of sp³-hybridized carbons (Fsp3) is 0.571. The summed E-state index contributed by atoms with van der Waals surface area (Å²) in [5.74, 6) is 0. The second kappa shape index (κ2) is 6.91. The lowest BCUT2D eigenvalue weighted by atomic mass is 9.99. The molecular weight excluding hydrogens is 322 g/mol. The number of nitro benzene ring substituents is 1. The summed E-state index contributed by atoms with van der Waals surface area (Å²) in [6.07, 6.45) is 1.75. The first-order valence-electron chi connectivity index (χ1n) is 7.29. The molecule has 9 heteroatoms. The summed E-state index contributed by atoms with van der Waals surface area (Å²) < 4.78 is 32.8. The van der Waals surface area contributed by atoms with Crippen molar-refractivity contribution in [1.29, 1.82) is 0 Å². The van der Waals surface area contributed by atoms with Gasteiger partial charge in [-0.1, -0.05) is 6.07 Å². The van der Waals surface area contributed by atoms with Crippen LogP contribution >= 0.6 is 0 Å². The van der Waals surface area contributed by atoms with E-state index in [1.807, 2.05) is 0 Å². The van der Waals surface area contributed by atoms with Gasteiger partial charge in [0.15, 0.2) is 0 Å². The number of methoxy groups -OCH3 is 1. The van der Waals surface area contributed by atoms with Crippen LogP contribution in [0.25, 0.3) is 0 Å². The number of ether oxygens (including phenoxy) is 1.